The van der Waals surface area contributed by atoms with Gasteiger partial charge in [-0.25, -0.2) is 13.4 Å². The monoisotopic (exact) mass is 614 g/mol. The molecule has 222 valence electrons. The number of aryl methyl sites for hydroxylation is 1. The molecule has 3 aromatic heterocycles. The summed E-state index contributed by atoms with van der Waals surface area (Å²) in [7, 11) is -1.14. The van der Waals surface area contributed by atoms with Gasteiger partial charge in [0.15, 0.2) is 11.4 Å². The lowest BCUT2D eigenvalue weighted by Crippen LogP contribution is -2.15. The zero-order chi connectivity index (χ0) is 29.0. The molecule has 5 rings (SSSR count). The molecule has 0 amide bonds. The number of anilines is 1. The molecule has 3 N–H and O–H groups in total. The summed E-state index contributed by atoms with van der Waals surface area (Å²) in [6.45, 7) is 2.87. The summed E-state index contributed by atoms with van der Waals surface area (Å²) >= 11 is 0. The first kappa shape index (κ1) is 30.6. The molecule has 12 nitrogen and oxygen atoms in total. The molecule has 0 saturated heterocycles. The van der Waals surface area contributed by atoms with Gasteiger partial charge in [-0.1, -0.05) is 18.1 Å². The molecule has 42 heavy (non-hydrogen) atoms. The number of fused-ring (bicyclic) bond motifs is 1. The molecular formula is C28H31ClN6O6S. The predicted octanol–water partition coefficient (Wildman–Crippen LogP) is 4.31. The van der Waals surface area contributed by atoms with E-state index in [0.29, 0.717) is 42.1 Å². The number of hydrogen-bond donors (Lipinski definition) is 2. The minimum Gasteiger partial charge on any atom is -0.496 e. The Hall–Kier alpha value is -4.33. The highest BCUT2D eigenvalue weighted by molar-refractivity contribution is 7.92. The molecule has 0 radical (unpaired) electrons. The van der Waals surface area contributed by atoms with E-state index in [2.05, 4.69) is 20.0 Å². The quantitative estimate of drug-likeness (QED) is 0.207. The fourth-order valence-corrected chi connectivity index (χ4v) is 5.50. The number of nitrogens with zero attached hydrogens (tertiary/aromatic N) is 4. The zero-order valence-corrected chi connectivity index (χ0v) is 24.9. The van der Waals surface area contributed by atoms with Crippen molar-refractivity contribution in [2.24, 2.45) is 5.73 Å². The third-order valence-corrected chi connectivity index (χ3v) is 7.78. The van der Waals surface area contributed by atoms with E-state index in [0.717, 1.165) is 22.3 Å². The number of nitrogens with one attached hydrogen (secondary N) is 1. The second kappa shape index (κ2) is 13.1. The smallest absolute Gasteiger partial charge is 0.266 e. The van der Waals surface area contributed by atoms with Crippen LogP contribution in [-0.2, 0) is 36.1 Å². The number of rotatable bonds is 12. The van der Waals surface area contributed by atoms with Crippen molar-refractivity contribution in [2.75, 3.05) is 18.9 Å². The Balaban J connectivity index is 0.00000405. The first-order chi connectivity index (χ1) is 19.8. The number of halogens is 1. The van der Waals surface area contributed by atoms with Crippen molar-refractivity contribution >= 4 is 39.2 Å². The van der Waals surface area contributed by atoms with Gasteiger partial charge in [-0.2, -0.15) is 5.10 Å². The van der Waals surface area contributed by atoms with E-state index in [1.165, 1.54) is 14.2 Å². The van der Waals surface area contributed by atoms with Crippen LogP contribution in [0, 0.1) is 0 Å². The van der Waals surface area contributed by atoms with Crippen LogP contribution < -0.4 is 24.7 Å². The maximum Gasteiger partial charge on any atom is 0.266 e. The van der Waals surface area contributed by atoms with Crippen LogP contribution in [0.1, 0.15) is 29.2 Å². The molecule has 2 aromatic carbocycles. The Bertz CT molecular complexity index is 1790. The van der Waals surface area contributed by atoms with E-state index in [-0.39, 0.29) is 35.5 Å². The molecule has 0 atom stereocenters. The molecule has 5 aromatic rings. The van der Waals surface area contributed by atoms with E-state index < -0.39 is 10.0 Å². The number of ether oxygens (including phenoxy) is 3. The molecule has 0 unspecified atom stereocenters. The van der Waals surface area contributed by atoms with E-state index in [9.17, 15) is 8.42 Å². The van der Waals surface area contributed by atoms with Gasteiger partial charge >= 0.3 is 0 Å². The van der Waals surface area contributed by atoms with Gasteiger partial charge in [0.1, 0.15) is 28.4 Å². The van der Waals surface area contributed by atoms with E-state index in [1.807, 2.05) is 19.2 Å². The number of aromatic nitrogens is 4. The number of nitrogens with two attached hydrogens (primary N) is 1. The van der Waals surface area contributed by atoms with Gasteiger partial charge in [0.05, 0.1) is 27.0 Å². The number of pyridine rings is 1. The van der Waals surface area contributed by atoms with Gasteiger partial charge < -0.3 is 24.5 Å². The van der Waals surface area contributed by atoms with Crippen LogP contribution in [-0.4, -0.2) is 42.6 Å². The number of benzene rings is 2. The Morgan fingerprint density at radius 2 is 1.83 bits per heavy atom. The molecule has 0 fully saturated rings. The first-order valence-corrected chi connectivity index (χ1v) is 14.3. The maximum atomic E-state index is 13.7. The largest absolute Gasteiger partial charge is 0.496 e. The molecule has 3 heterocycles. The Labute approximate surface area is 249 Å². The minimum absolute atomic E-state index is 0. The van der Waals surface area contributed by atoms with Crippen molar-refractivity contribution in [1.29, 1.82) is 0 Å². The number of sulfonamides is 1. The highest BCUT2D eigenvalue weighted by Crippen LogP contribution is 2.36. The summed E-state index contributed by atoms with van der Waals surface area (Å²) in [5.74, 6) is 1.01. The summed E-state index contributed by atoms with van der Waals surface area (Å²) in [5.41, 5.74) is 9.37. The van der Waals surface area contributed by atoms with Crippen LogP contribution in [0.15, 0.2) is 70.5 Å². The standard InChI is InChI=1S/C28H30N6O6S.ClH/c1-4-18-5-6-22(39-17-19-7-8-30-26(12-19)38-3)25(11-18)41(35,36)33-28-27-23(37-2)9-20(10-24(27)40-32-28)15-34-16-21(13-29)14-31-34;/h5-12,14,16H,4,13,15,17,29H2,1-3H3,(H,32,33);1H. The fourth-order valence-electron chi connectivity index (χ4n) is 4.29. The molecule has 0 aliphatic rings. The van der Waals surface area contributed by atoms with E-state index >= 15 is 0 Å². The van der Waals surface area contributed by atoms with E-state index in [1.54, 1.807) is 53.5 Å². The van der Waals surface area contributed by atoms with Gasteiger partial charge in [-0.05, 0) is 53.4 Å². The first-order valence-electron chi connectivity index (χ1n) is 12.8. The topological polar surface area (TPSA) is 157 Å². The predicted molar refractivity (Wildman–Crippen MR) is 159 cm³/mol. The molecular weight excluding hydrogens is 584 g/mol. The van der Waals surface area contributed by atoms with Gasteiger partial charge in [0.2, 0.25) is 5.88 Å². The van der Waals surface area contributed by atoms with Crippen molar-refractivity contribution in [3.05, 3.63) is 83.3 Å². The van der Waals surface area contributed by atoms with Crippen molar-refractivity contribution in [1.82, 2.24) is 19.9 Å². The van der Waals surface area contributed by atoms with Crippen LogP contribution in [0.3, 0.4) is 0 Å². The number of methoxy groups -OCH3 is 2. The van der Waals surface area contributed by atoms with E-state index in [4.69, 9.17) is 24.5 Å². The van der Waals surface area contributed by atoms with Gasteiger partial charge in [-0.3, -0.25) is 9.40 Å². The third-order valence-electron chi connectivity index (χ3n) is 6.42. The van der Waals surface area contributed by atoms with Gasteiger partial charge in [0.25, 0.3) is 10.0 Å². The van der Waals surface area contributed by atoms with Crippen molar-refractivity contribution in [2.45, 2.75) is 37.9 Å². The Kier molecular flexibility index (Phi) is 9.55. The second-order valence-corrected chi connectivity index (χ2v) is 10.8. The average molecular weight is 615 g/mol. The van der Waals surface area contributed by atoms with Crippen LogP contribution in [0.4, 0.5) is 5.82 Å². The molecule has 0 spiro atoms. The fraction of sp³-hybridized carbons (Fsp3) is 0.250. The van der Waals surface area contributed by atoms with Crippen molar-refractivity contribution in [3.63, 3.8) is 0 Å². The summed E-state index contributed by atoms with van der Waals surface area (Å²) in [6.07, 6.45) is 5.79. The molecule has 0 bridgehead atoms. The normalized spacial score (nSPS) is 11.2. The summed E-state index contributed by atoms with van der Waals surface area (Å²) in [5, 5.41) is 8.72. The lowest BCUT2D eigenvalue weighted by Gasteiger charge is -2.14. The summed E-state index contributed by atoms with van der Waals surface area (Å²) in [6, 6.07) is 12.1. The maximum absolute atomic E-state index is 13.7. The molecule has 0 saturated carbocycles. The Morgan fingerprint density at radius 3 is 2.55 bits per heavy atom. The summed E-state index contributed by atoms with van der Waals surface area (Å²) in [4.78, 5) is 4.06. The third kappa shape index (κ3) is 6.59. The van der Waals surface area contributed by atoms with Crippen LogP contribution in [0.2, 0.25) is 0 Å². The summed E-state index contributed by atoms with van der Waals surface area (Å²) < 4.78 is 54.0. The minimum atomic E-state index is -4.16. The van der Waals surface area contributed by atoms with Crippen LogP contribution in [0.25, 0.3) is 11.0 Å². The average Bonchev–Trinajstić information content (AvgIpc) is 3.62. The van der Waals surface area contributed by atoms with Crippen molar-refractivity contribution < 1.29 is 27.2 Å². The van der Waals surface area contributed by atoms with Gasteiger partial charge in [-0.15, -0.1) is 12.4 Å². The Morgan fingerprint density at radius 1 is 1.00 bits per heavy atom. The number of hydrogen-bond acceptors (Lipinski definition) is 10. The molecule has 0 aliphatic carbocycles. The molecule has 14 heteroatoms. The highest BCUT2D eigenvalue weighted by Gasteiger charge is 2.25. The lowest BCUT2D eigenvalue weighted by atomic mass is 10.1. The zero-order valence-electron chi connectivity index (χ0n) is 23.2. The lowest BCUT2D eigenvalue weighted by molar-refractivity contribution is 0.296. The second-order valence-electron chi connectivity index (χ2n) is 9.19. The van der Waals surface area contributed by atoms with Crippen LogP contribution >= 0.6 is 12.4 Å². The van der Waals surface area contributed by atoms with Gasteiger partial charge in [0, 0.05) is 30.6 Å². The molecule has 0 aliphatic heterocycles. The SMILES string of the molecule is CCc1ccc(OCc2ccnc(OC)c2)c(S(=O)(=O)Nc2noc3cc(Cn4cc(CN)cn4)cc(OC)c23)c1.Cl. The van der Waals surface area contributed by atoms with Crippen molar-refractivity contribution in [3.8, 4) is 17.4 Å². The highest BCUT2D eigenvalue weighted by atomic mass is 35.5. The van der Waals surface area contributed by atoms with Crippen LogP contribution in [0.5, 0.6) is 17.4 Å².